The van der Waals surface area contributed by atoms with E-state index >= 15 is 0 Å². The topological polar surface area (TPSA) is 3.24 Å². The quantitative estimate of drug-likeness (QED) is 0.759. The van der Waals surface area contributed by atoms with Crippen molar-refractivity contribution < 1.29 is 0 Å². The molecule has 2 aromatic rings. The highest BCUT2D eigenvalue weighted by Gasteiger charge is 2.13. The van der Waals surface area contributed by atoms with Crippen LogP contribution in [0.3, 0.4) is 0 Å². The first-order chi connectivity index (χ1) is 7.83. The molecule has 84 valence electrons. The van der Waals surface area contributed by atoms with Gasteiger partial charge in [0.2, 0.25) is 0 Å². The summed E-state index contributed by atoms with van der Waals surface area (Å²) < 4.78 is 1.44. The number of thiophene rings is 1. The van der Waals surface area contributed by atoms with Crippen molar-refractivity contribution in [1.29, 1.82) is 0 Å². The monoisotopic (exact) mass is 231 g/mol. The molecule has 16 heavy (non-hydrogen) atoms. The van der Waals surface area contributed by atoms with E-state index in [1.54, 1.807) is 0 Å². The summed E-state index contributed by atoms with van der Waals surface area (Å²) in [6, 6.07) is 6.81. The Morgan fingerprint density at radius 2 is 2.06 bits per heavy atom. The summed E-state index contributed by atoms with van der Waals surface area (Å²) in [7, 11) is 0. The number of hydrogen-bond acceptors (Lipinski definition) is 2. The van der Waals surface area contributed by atoms with E-state index in [0.29, 0.717) is 0 Å². The summed E-state index contributed by atoms with van der Waals surface area (Å²) in [5.74, 6) is 0. The maximum Gasteiger partial charge on any atom is 0.0348 e. The Balaban J connectivity index is 1.91. The van der Waals surface area contributed by atoms with Gasteiger partial charge in [-0.05, 0) is 60.8 Å². The van der Waals surface area contributed by atoms with E-state index in [0.717, 1.165) is 6.54 Å². The predicted octanol–water partition coefficient (Wildman–Crippen LogP) is 3.81. The van der Waals surface area contributed by atoms with Crippen LogP contribution in [0.25, 0.3) is 10.1 Å². The van der Waals surface area contributed by atoms with Gasteiger partial charge in [-0.25, -0.2) is 0 Å². The zero-order chi connectivity index (χ0) is 11.0. The minimum absolute atomic E-state index is 1.14. The molecule has 0 N–H and O–H groups in total. The van der Waals surface area contributed by atoms with Crippen LogP contribution in [0, 0.1) is 6.92 Å². The van der Waals surface area contributed by atoms with Gasteiger partial charge >= 0.3 is 0 Å². The number of rotatable bonds is 2. The smallest absolute Gasteiger partial charge is 0.0348 e. The molecular weight excluding hydrogens is 214 g/mol. The Bertz CT molecular complexity index is 494. The SMILES string of the molecule is Cc1ccc2c(CN3CCCC3)csc2c1. The van der Waals surface area contributed by atoms with Gasteiger partial charge < -0.3 is 0 Å². The molecule has 0 bridgehead atoms. The van der Waals surface area contributed by atoms with Gasteiger partial charge in [0.15, 0.2) is 0 Å². The van der Waals surface area contributed by atoms with Gasteiger partial charge in [0.25, 0.3) is 0 Å². The molecule has 0 radical (unpaired) electrons. The molecule has 1 fully saturated rings. The highest BCUT2D eigenvalue weighted by molar-refractivity contribution is 7.17. The minimum Gasteiger partial charge on any atom is -0.299 e. The first kappa shape index (κ1) is 10.3. The molecule has 1 nitrogen and oxygen atoms in total. The summed E-state index contributed by atoms with van der Waals surface area (Å²) in [5, 5.41) is 3.80. The lowest BCUT2D eigenvalue weighted by atomic mass is 10.1. The van der Waals surface area contributed by atoms with Crippen LogP contribution in [0.15, 0.2) is 23.6 Å². The molecule has 0 aliphatic carbocycles. The lowest BCUT2D eigenvalue weighted by molar-refractivity contribution is 0.333. The average Bonchev–Trinajstić information content (AvgIpc) is 2.89. The van der Waals surface area contributed by atoms with Crippen LogP contribution >= 0.6 is 11.3 Å². The highest BCUT2D eigenvalue weighted by Crippen LogP contribution is 2.28. The fraction of sp³-hybridized carbons (Fsp3) is 0.429. The van der Waals surface area contributed by atoms with Crippen molar-refractivity contribution in [2.24, 2.45) is 0 Å². The molecule has 0 unspecified atom stereocenters. The highest BCUT2D eigenvalue weighted by atomic mass is 32.1. The van der Waals surface area contributed by atoms with Crippen molar-refractivity contribution in [3.8, 4) is 0 Å². The molecule has 0 saturated carbocycles. The third-order valence-electron chi connectivity index (χ3n) is 3.40. The number of fused-ring (bicyclic) bond motifs is 1. The van der Waals surface area contributed by atoms with Crippen LogP contribution in [-0.4, -0.2) is 18.0 Å². The van der Waals surface area contributed by atoms with Crippen LogP contribution in [0.1, 0.15) is 24.0 Å². The standard InChI is InChI=1S/C14H17NS/c1-11-4-5-13-12(10-16-14(13)8-11)9-15-6-2-3-7-15/h4-5,8,10H,2-3,6-7,9H2,1H3. The lowest BCUT2D eigenvalue weighted by Crippen LogP contribution is -2.17. The van der Waals surface area contributed by atoms with E-state index in [1.807, 2.05) is 11.3 Å². The second-order valence-corrected chi connectivity index (χ2v) is 5.66. The van der Waals surface area contributed by atoms with E-state index in [2.05, 4.69) is 35.4 Å². The Morgan fingerprint density at radius 1 is 1.25 bits per heavy atom. The summed E-state index contributed by atoms with van der Waals surface area (Å²) in [6.07, 6.45) is 2.75. The molecule has 1 aromatic heterocycles. The van der Waals surface area contributed by atoms with Gasteiger partial charge in [0, 0.05) is 11.2 Å². The van der Waals surface area contributed by atoms with Crippen molar-refractivity contribution in [3.63, 3.8) is 0 Å². The van der Waals surface area contributed by atoms with Gasteiger partial charge in [0.1, 0.15) is 0 Å². The van der Waals surface area contributed by atoms with Crippen molar-refractivity contribution in [2.75, 3.05) is 13.1 Å². The van der Waals surface area contributed by atoms with Gasteiger partial charge in [0.05, 0.1) is 0 Å². The summed E-state index contributed by atoms with van der Waals surface area (Å²) in [5.41, 5.74) is 2.88. The Labute approximate surface area is 101 Å². The van der Waals surface area contributed by atoms with E-state index in [1.165, 1.54) is 47.1 Å². The van der Waals surface area contributed by atoms with Crippen molar-refractivity contribution in [3.05, 3.63) is 34.7 Å². The van der Waals surface area contributed by atoms with Gasteiger partial charge in [-0.15, -0.1) is 11.3 Å². The second kappa shape index (κ2) is 4.19. The molecule has 0 spiro atoms. The number of nitrogens with zero attached hydrogens (tertiary/aromatic N) is 1. The fourth-order valence-electron chi connectivity index (χ4n) is 2.49. The normalized spacial score (nSPS) is 17.3. The molecule has 2 heterocycles. The first-order valence-corrected chi connectivity index (χ1v) is 6.90. The largest absolute Gasteiger partial charge is 0.299 e. The number of hydrogen-bond donors (Lipinski definition) is 0. The maximum absolute atomic E-state index is 2.57. The third kappa shape index (κ3) is 1.87. The summed E-state index contributed by atoms with van der Waals surface area (Å²) in [6.45, 7) is 5.87. The van der Waals surface area contributed by atoms with Crippen LogP contribution in [-0.2, 0) is 6.54 Å². The van der Waals surface area contributed by atoms with Crippen LogP contribution in [0.4, 0.5) is 0 Å². The summed E-state index contributed by atoms with van der Waals surface area (Å²) >= 11 is 1.88. The van der Waals surface area contributed by atoms with Gasteiger partial charge in [-0.1, -0.05) is 12.1 Å². The summed E-state index contributed by atoms with van der Waals surface area (Å²) in [4.78, 5) is 2.57. The Morgan fingerprint density at radius 3 is 2.88 bits per heavy atom. The van der Waals surface area contributed by atoms with Crippen LogP contribution in [0.2, 0.25) is 0 Å². The molecule has 2 heteroatoms. The number of likely N-dealkylation sites (tertiary alicyclic amines) is 1. The molecule has 1 aromatic carbocycles. The number of aryl methyl sites for hydroxylation is 1. The second-order valence-electron chi connectivity index (χ2n) is 4.74. The van der Waals surface area contributed by atoms with E-state index in [9.17, 15) is 0 Å². The van der Waals surface area contributed by atoms with Crippen molar-refractivity contribution in [1.82, 2.24) is 4.90 Å². The molecule has 0 atom stereocenters. The van der Waals surface area contributed by atoms with E-state index in [-0.39, 0.29) is 0 Å². The molecule has 1 saturated heterocycles. The van der Waals surface area contributed by atoms with E-state index in [4.69, 9.17) is 0 Å². The molecular formula is C14H17NS. The van der Waals surface area contributed by atoms with E-state index < -0.39 is 0 Å². The average molecular weight is 231 g/mol. The lowest BCUT2D eigenvalue weighted by Gasteiger charge is -2.13. The molecule has 1 aliphatic rings. The van der Waals surface area contributed by atoms with Gasteiger partial charge in [-0.3, -0.25) is 4.90 Å². The van der Waals surface area contributed by atoms with Crippen LogP contribution < -0.4 is 0 Å². The zero-order valence-corrected chi connectivity index (χ0v) is 10.5. The third-order valence-corrected chi connectivity index (χ3v) is 4.40. The fourth-order valence-corrected chi connectivity index (χ4v) is 3.55. The predicted molar refractivity (Wildman–Crippen MR) is 71.1 cm³/mol. The molecule has 0 amide bonds. The first-order valence-electron chi connectivity index (χ1n) is 6.02. The number of benzene rings is 1. The zero-order valence-electron chi connectivity index (χ0n) is 9.70. The molecule has 1 aliphatic heterocycles. The minimum atomic E-state index is 1.14. The Kier molecular flexibility index (Phi) is 2.70. The Hall–Kier alpha value is -0.860. The molecule has 3 rings (SSSR count). The van der Waals surface area contributed by atoms with Crippen molar-refractivity contribution in [2.45, 2.75) is 26.3 Å². The maximum atomic E-state index is 2.57. The van der Waals surface area contributed by atoms with Crippen LogP contribution in [0.5, 0.6) is 0 Å². The van der Waals surface area contributed by atoms with Gasteiger partial charge in [-0.2, -0.15) is 0 Å². The van der Waals surface area contributed by atoms with Crippen molar-refractivity contribution >= 4 is 21.4 Å².